The molecular formula is C14H14FN5O. The fraction of sp³-hybridized carbons (Fsp3) is 0.214. The molecule has 0 saturated heterocycles. The van der Waals surface area contributed by atoms with Crippen LogP contribution in [0.1, 0.15) is 12.0 Å². The highest BCUT2D eigenvalue weighted by Crippen LogP contribution is 2.15. The molecule has 1 aromatic carbocycles. The molecule has 108 valence electrons. The SMILES string of the molecule is N#Cc1cc(F)ccc1NC(=O)NCCCn1cccn1. The summed E-state index contributed by atoms with van der Waals surface area (Å²) in [5.74, 6) is -0.517. The minimum Gasteiger partial charge on any atom is -0.338 e. The van der Waals surface area contributed by atoms with Crippen LogP contribution in [0.15, 0.2) is 36.7 Å². The van der Waals surface area contributed by atoms with Gasteiger partial charge in [0.15, 0.2) is 0 Å². The Hall–Kier alpha value is -2.88. The summed E-state index contributed by atoms with van der Waals surface area (Å²) in [6.45, 7) is 1.17. The summed E-state index contributed by atoms with van der Waals surface area (Å²) < 4.78 is 14.7. The normalized spacial score (nSPS) is 9.90. The number of nitrogens with one attached hydrogen (secondary N) is 2. The van der Waals surface area contributed by atoms with Crippen molar-refractivity contribution in [2.45, 2.75) is 13.0 Å². The maximum atomic E-state index is 13.0. The Labute approximate surface area is 121 Å². The highest BCUT2D eigenvalue weighted by molar-refractivity contribution is 5.90. The van der Waals surface area contributed by atoms with E-state index in [-0.39, 0.29) is 11.3 Å². The van der Waals surface area contributed by atoms with Gasteiger partial charge in [-0.25, -0.2) is 9.18 Å². The number of halogens is 1. The lowest BCUT2D eigenvalue weighted by atomic mass is 10.2. The minimum atomic E-state index is -0.517. The first-order chi connectivity index (χ1) is 10.2. The van der Waals surface area contributed by atoms with E-state index in [1.807, 2.05) is 18.3 Å². The molecule has 1 aromatic heterocycles. The molecule has 0 aliphatic carbocycles. The molecule has 0 saturated carbocycles. The van der Waals surface area contributed by atoms with Crippen molar-refractivity contribution >= 4 is 11.7 Å². The Morgan fingerprint density at radius 3 is 3.05 bits per heavy atom. The fourth-order valence-corrected chi connectivity index (χ4v) is 1.76. The third-order valence-electron chi connectivity index (χ3n) is 2.76. The predicted octanol–water partition coefficient (Wildman–Crippen LogP) is 2.11. The molecule has 7 heteroatoms. The van der Waals surface area contributed by atoms with Crippen molar-refractivity contribution < 1.29 is 9.18 Å². The van der Waals surface area contributed by atoms with Crippen LogP contribution < -0.4 is 10.6 Å². The van der Waals surface area contributed by atoms with Gasteiger partial charge in [0.25, 0.3) is 0 Å². The third-order valence-corrected chi connectivity index (χ3v) is 2.76. The number of nitriles is 1. The van der Waals surface area contributed by atoms with Crippen molar-refractivity contribution in [3.8, 4) is 6.07 Å². The van der Waals surface area contributed by atoms with E-state index < -0.39 is 11.8 Å². The molecule has 6 nitrogen and oxygen atoms in total. The van der Waals surface area contributed by atoms with Crippen LogP contribution in [0.3, 0.4) is 0 Å². The van der Waals surface area contributed by atoms with Crippen molar-refractivity contribution in [1.82, 2.24) is 15.1 Å². The largest absolute Gasteiger partial charge is 0.338 e. The van der Waals surface area contributed by atoms with E-state index in [9.17, 15) is 9.18 Å². The molecule has 0 fully saturated rings. The zero-order chi connectivity index (χ0) is 15.1. The van der Waals surface area contributed by atoms with E-state index in [4.69, 9.17) is 5.26 Å². The monoisotopic (exact) mass is 287 g/mol. The number of hydrogen-bond acceptors (Lipinski definition) is 3. The van der Waals surface area contributed by atoms with Gasteiger partial charge in [0, 0.05) is 25.5 Å². The maximum absolute atomic E-state index is 13.0. The number of aromatic nitrogens is 2. The predicted molar refractivity (Wildman–Crippen MR) is 75.0 cm³/mol. The number of amides is 2. The summed E-state index contributed by atoms with van der Waals surface area (Å²) in [6, 6.07) is 6.86. The van der Waals surface area contributed by atoms with Crippen molar-refractivity contribution in [3.05, 3.63) is 48.0 Å². The number of hydrogen-bond donors (Lipinski definition) is 2. The molecule has 2 N–H and O–H groups in total. The first kappa shape index (κ1) is 14.5. The van der Waals surface area contributed by atoms with Crippen LogP contribution in [-0.2, 0) is 6.54 Å². The summed E-state index contributed by atoms with van der Waals surface area (Å²) in [5.41, 5.74) is 0.366. The van der Waals surface area contributed by atoms with Crippen LogP contribution in [0.5, 0.6) is 0 Å². The summed E-state index contributed by atoms with van der Waals surface area (Å²) in [4.78, 5) is 11.7. The second-order valence-corrected chi connectivity index (χ2v) is 4.31. The minimum absolute atomic E-state index is 0.0849. The lowest BCUT2D eigenvalue weighted by Crippen LogP contribution is -2.30. The van der Waals surface area contributed by atoms with Crippen LogP contribution >= 0.6 is 0 Å². The van der Waals surface area contributed by atoms with Crippen LogP contribution in [0.2, 0.25) is 0 Å². The Morgan fingerprint density at radius 1 is 1.48 bits per heavy atom. The molecule has 0 bridgehead atoms. The van der Waals surface area contributed by atoms with Gasteiger partial charge in [-0.2, -0.15) is 10.4 Å². The first-order valence-electron chi connectivity index (χ1n) is 6.41. The van der Waals surface area contributed by atoms with Crippen LogP contribution in [-0.4, -0.2) is 22.4 Å². The number of urea groups is 1. The van der Waals surface area contributed by atoms with Gasteiger partial charge in [0.1, 0.15) is 11.9 Å². The fourth-order valence-electron chi connectivity index (χ4n) is 1.76. The Balaban J connectivity index is 1.78. The molecule has 2 aromatic rings. The van der Waals surface area contributed by atoms with E-state index in [0.717, 1.165) is 12.5 Å². The van der Waals surface area contributed by atoms with Crippen LogP contribution in [0, 0.1) is 17.1 Å². The maximum Gasteiger partial charge on any atom is 0.319 e. The molecule has 0 spiro atoms. The first-order valence-corrected chi connectivity index (χ1v) is 6.41. The van der Waals surface area contributed by atoms with Crippen LogP contribution in [0.25, 0.3) is 0 Å². The zero-order valence-electron chi connectivity index (χ0n) is 11.2. The standard InChI is InChI=1S/C14H14FN5O/c15-12-3-4-13(11(9-12)10-16)19-14(21)17-5-1-7-20-8-2-6-18-20/h2-4,6,8-9H,1,5,7H2,(H2,17,19,21). The lowest BCUT2D eigenvalue weighted by Gasteiger charge is -2.09. The van der Waals surface area contributed by atoms with E-state index in [2.05, 4.69) is 15.7 Å². The molecule has 21 heavy (non-hydrogen) atoms. The van der Waals surface area contributed by atoms with Crippen molar-refractivity contribution in [2.75, 3.05) is 11.9 Å². The molecular weight excluding hydrogens is 273 g/mol. The number of carbonyl (C=O) groups is 1. The zero-order valence-corrected chi connectivity index (χ0v) is 11.2. The number of aryl methyl sites for hydroxylation is 1. The van der Waals surface area contributed by atoms with Gasteiger partial charge in [-0.05, 0) is 30.7 Å². The van der Waals surface area contributed by atoms with Crippen molar-refractivity contribution in [3.63, 3.8) is 0 Å². The van der Waals surface area contributed by atoms with Gasteiger partial charge in [0.05, 0.1) is 11.3 Å². The van der Waals surface area contributed by atoms with E-state index >= 15 is 0 Å². The van der Waals surface area contributed by atoms with Crippen molar-refractivity contribution in [1.29, 1.82) is 5.26 Å². The van der Waals surface area contributed by atoms with Crippen LogP contribution in [0.4, 0.5) is 14.9 Å². The summed E-state index contributed by atoms with van der Waals surface area (Å²) in [5, 5.41) is 18.1. The molecule has 0 unspecified atom stereocenters. The smallest absolute Gasteiger partial charge is 0.319 e. The molecule has 0 atom stereocenters. The van der Waals surface area contributed by atoms with E-state index in [1.54, 1.807) is 10.9 Å². The van der Waals surface area contributed by atoms with Gasteiger partial charge in [-0.1, -0.05) is 0 Å². The Kier molecular flexibility index (Phi) is 4.88. The van der Waals surface area contributed by atoms with Crippen molar-refractivity contribution in [2.24, 2.45) is 0 Å². The molecule has 1 heterocycles. The summed E-state index contributed by atoms with van der Waals surface area (Å²) in [6.07, 6.45) is 4.26. The number of anilines is 1. The topological polar surface area (TPSA) is 82.7 Å². The van der Waals surface area contributed by atoms with Gasteiger partial charge >= 0.3 is 6.03 Å². The van der Waals surface area contributed by atoms with Gasteiger partial charge in [-0.15, -0.1) is 0 Å². The lowest BCUT2D eigenvalue weighted by molar-refractivity contribution is 0.251. The van der Waals surface area contributed by atoms with Gasteiger partial charge in [0.2, 0.25) is 0 Å². The highest BCUT2D eigenvalue weighted by atomic mass is 19.1. The van der Waals surface area contributed by atoms with Gasteiger partial charge in [-0.3, -0.25) is 4.68 Å². The third kappa shape index (κ3) is 4.31. The second kappa shape index (κ2) is 7.05. The number of rotatable bonds is 5. The summed E-state index contributed by atoms with van der Waals surface area (Å²) in [7, 11) is 0. The Morgan fingerprint density at radius 2 is 2.33 bits per heavy atom. The molecule has 0 aliphatic heterocycles. The van der Waals surface area contributed by atoms with E-state index in [0.29, 0.717) is 13.1 Å². The number of nitrogens with zero attached hydrogens (tertiary/aromatic N) is 3. The Bertz CT molecular complexity index is 648. The second-order valence-electron chi connectivity index (χ2n) is 4.31. The quantitative estimate of drug-likeness (QED) is 0.826. The average molecular weight is 287 g/mol. The van der Waals surface area contributed by atoms with E-state index in [1.165, 1.54) is 12.1 Å². The number of carbonyl (C=O) groups excluding carboxylic acids is 1. The average Bonchev–Trinajstić information content (AvgIpc) is 2.99. The molecule has 0 radical (unpaired) electrons. The summed E-state index contributed by atoms with van der Waals surface area (Å²) >= 11 is 0. The van der Waals surface area contributed by atoms with Gasteiger partial charge < -0.3 is 10.6 Å². The molecule has 0 aliphatic rings. The molecule has 2 amide bonds. The molecule has 2 rings (SSSR count). The number of benzene rings is 1. The highest BCUT2D eigenvalue weighted by Gasteiger charge is 2.07.